The van der Waals surface area contributed by atoms with Gasteiger partial charge < -0.3 is 20.3 Å². The fourth-order valence-electron chi connectivity index (χ4n) is 8.56. The molecule has 0 spiro atoms. The highest BCUT2D eigenvalue weighted by Crippen LogP contribution is 2.48. The molecular formula is C38H34F6N8O2S. The lowest BCUT2D eigenvalue weighted by atomic mass is 9.92. The first-order chi connectivity index (χ1) is 26.3. The van der Waals surface area contributed by atoms with Crippen LogP contribution in [-0.4, -0.2) is 87.7 Å². The highest BCUT2D eigenvalue weighted by atomic mass is 32.1. The van der Waals surface area contributed by atoms with Crippen molar-refractivity contribution < 1.29 is 35.9 Å². The summed E-state index contributed by atoms with van der Waals surface area (Å²) < 4.78 is 98.4. The fourth-order valence-corrected chi connectivity index (χ4v) is 9.51. The van der Waals surface area contributed by atoms with Crippen LogP contribution in [0.4, 0.5) is 37.2 Å². The lowest BCUT2D eigenvalue weighted by Crippen LogP contribution is -2.43. The Morgan fingerprint density at radius 3 is 2.67 bits per heavy atom. The van der Waals surface area contributed by atoms with Crippen molar-refractivity contribution in [3.8, 4) is 23.2 Å². The van der Waals surface area contributed by atoms with E-state index in [0.29, 0.717) is 42.8 Å². The molecule has 0 saturated carbocycles. The number of ether oxygens (including phenoxy) is 1. The summed E-state index contributed by atoms with van der Waals surface area (Å²) in [5, 5.41) is 9.24. The first kappa shape index (κ1) is 36.8. The summed E-state index contributed by atoms with van der Waals surface area (Å²) in [6, 6.07) is 6.92. The summed E-state index contributed by atoms with van der Waals surface area (Å²) >= 11 is 0.676. The van der Waals surface area contributed by atoms with E-state index in [2.05, 4.69) is 15.0 Å². The number of hydrogen-bond acceptors (Lipinski definition) is 10. The van der Waals surface area contributed by atoms with E-state index in [-0.39, 0.29) is 82.0 Å². The third kappa shape index (κ3) is 6.24. The lowest BCUT2D eigenvalue weighted by molar-refractivity contribution is -0.137. The maximum Gasteiger partial charge on any atom is 0.417 e. The van der Waals surface area contributed by atoms with Crippen LogP contribution >= 0.6 is 11.3 Å². The van der Waals surface area contributed by atoms with E-state index in [9.17, 15) is 14.4 Å². The van der Waals surface area contributed by atoms with Gasteiger partial charge in [0.1, 0.15) is 41.0 Å². The van der Waals surface area contributed by atoms with Crippen LogP contribution in [0.3, 0.4) is 0 Å². The second-order valence-corrected chi connectivity index (χ2v) is 15.2. The van der Waals surface area contributed by atoms with Gasteiger partial charge in [-0.05, 0) is 62.6 Å². The number of carbonyl (C=O) groups excluding carboxylic acids is 1. The number of aromatic nitrogens is 3. The van der Waals surface area contributed by atoms with Crippen molar-refractivity contribution in [2.75, 3.05) is 50.0 Å². The lowest BCUT2D eigenvalue weighted by Gasteiger charge is -2.32. The number of nitrogen functional groups attached to an aromatic ring is 1. The summed E-state index contributed by atoms with van der Waals surface area (Å²) in [5.41, 5.74) is 2.28. The van der Waals surface area contributed by atoms with Gasteiger partial charge in [0.05, 0.1) is 21.4 Å². The zero-order valence-electron chi connectivity index (χ0n) is 29.5. The van der Waals surface area contributed by atoms with Gasteiger partial charge in [0.2, 0.25) is 0 Å². The molecule has 5 aromatic rings. The van der Waals surface area contributed by atoms with Gasteiger partial charge in [0.15, 0.2) is 5.82 Å². The normalized spacial score (nSPS) is 21.4. The predicted molar refractivity (Wildman–Crippen MR) is 195 cm³/mol. The first-order valence-electron chi connectivity index (χ1n) is 17.8. The molecule has 3 aromatic heterocycles. The van der Waals surface area contributed by atoms with E-state index in [0.717, 1.165) is 24.6 Å². The molecule has 3 fully saturated rings. The number of pyridine rings is 1. The predicted octanol–water partition coefficient (Wildman–Crippen LogP) is 7.35. The van der Waals surface area contributed by atoms with Crippen LogP contribution in [0.5, 0.6) is 6.01 Å². The molecule has 3 aliphatic rings. The van der Waals surface area contributed by atoms with E-state index in [1.807, 2.05) is 11.0 Å². The summed E-state index contributed by atoms with van der Waals surface area (Å²) in [7, 11) is 0. The summed E-state index contributed by atoms with van der Waals surface area (Å²) in [4.78, 5) is 31.6. The highest BCUT2D eigenvalue weighted by Gasteiger charge is 2.49. The molecule has 55 heavy (non-hydrogen) atoms. The van der Waals surface area contributed by atoms with E-state index < -0.39 is 52.2 Å². The number of hydrogen-bond donors (Lipinski definition) is 1. The van der Waals surface area contributed by atoms with Crippen LogP contribution in [0.2, 0.25) is 0 Å². The number of alkyl halides is 4. The Balaban J connectivity index is 1.30. The standard InChI is InChI=1S/C38H34F6N8O2S/c1-2-52(22-8-13-50(18-22)35(53)20-6-10-47-11-7-20)34-24-14-26(38(42,43)44)29(23-4-5-27(40)32-28(23)25(16-45)33(46)55-32)30(41)31(24)48-36(49-34)54-19-37-9-3-12-51(37)17-21(39)15-37/h4-7,10-11,14,21-22H,2-3,8-9,12-13,15,17-19,46H2,1H3. The van der Waals surface area contributed by atoms with Gasteiger partial charge in [-0.3, -0.25) is 14.7 Å². The Morgan fingerprint density at radius 2 is 1.95 bits per heavy atom. The number of halogens is 6. The van der Waals surface area contributed by atoms with Crippen molar-refractivity contribution in [1.82, 2.24) is 24.8 Å². The van der Waals surface area contributed by atoms with E-state index >= 15 is 22.0 Å². The quantitative estimate of drug-likeness (QED) is 0.161. The molecule has 0 bridgehead atoms. The molecule has 3 aliphatic heterocycles. The van der Waals surface area contributed by atoms with Crippen LogP contribution in [0.15, 0.2) is 42.7 Å². The summed E-state index contributed by atoms with van der Waals surface area (Å²) in [6.07, 6.45) is -1.07. The Bertz CT molecular complexity index is 2370. The summed E-state index contributed by atoms with van der Waals surface area (Å²) in [6.45, 7) is 3.41. The highest BCUT2D eigenvalue weighted by molar-refractivity contribution is 7.23. The average molecular weight is 781 g/mol. The number of amides is 1. The van der Waals surface area contributed by atoms with Gasteiger partial charge in [-0.25, -0.2) is 13.2 Å². The average Bonchev–Trinajstić information content (AvgIpc) is 3.94. The SMILES string of the molecule is CCN(c1nc(OCC23CCCN2CC(F)C3)nc2c(F)c(-c3ccc(F)c4sc(N)c(C#N)c34)c(C(F)(F)F)cc12)C1CCN(C(=O)c2ccncc2)C1. The molecule has 0 aliphatic carbocycles. The van der Waals surface area contributed by atoms with Crippen LogP contribution in [0.25, 0.3) is 32.1 Å². The molecule has 8 rings (SSSR count). The fraction of sp³-hybridized carbons (Fsp3) is 0.395. The summed E-state index contributed by atoms with van der Waals surface area (Å²) in [5.74, 6) is -2.50. The number of nitriles is 1. The van der Waals surface area contributed by atoms with Crippen LogP contribution < -0.4 is 15.4 Å². The van der Waals surface area contributed by atoms with E-state index in [1.54, 1.807) is 28.9 Å². The number of rotatable bonds is 8. The van der Waals surface area contributed by atoms with Crippen molar-refractivity contribution >= 4 is 49.1 Å². The van der Waals surface area contributed by atoms with Crippen molar-refractivity contribution in [3.63, 3.8) is 0 Å². The minimum atomic E-state index is -5.14. The van der Waals surface area contributed by atoms with Crippen LogP contribution in [0, 0.1) is 23.0 Å². The van der Waals surface area contributed by atoms with Crippen molar-refractivity contribution in [2.24, 2.45) is 0 Å². The van der Waals surface area contributed by atoms with Crippen LogP contribution in [0.1, 0.15) is 54.1 Å². The smallest absolute Gasteiger partial charge is 0.417 e. The third-order valence-electron chi connectivity index (χ3n) is 11.1. The molecule has 3 unspecified atom stereocenters. The number of carbonyl (C=O) groups is 1. The van der Waals surface area contributed by atoms with E-state index in [4.69, 9.17) is 10.5 Å². The topological polar surface area (TPSA) is 125 Å². The number of fused-ring (bicyclic) bond motifs is 3. The molecule has 2 N–H and O–H groups in total. The number of nitrogens with zero attached hydrogens (tertiary/aromatic N) is 7. The zero-order valence-corrected chi connectivity index (χ0v) is 30.3. The van der Waals surface area contributed by atoms with Gasteiger partial charge in [0, 0.05) is 72.9 Å². The Labute approximate surface area is 315 Å². The number of thiophene rings is 1. The maximum absolute atomic E-state index is 17.3. The Morgan fingerprint density at radius 1 is 1.16 bits per heavy atom. The molecular weight excluding hydrogens is 747 g/mol. The largest absolute Gasteiger partial charge is 0.461 e. The maximum atomic E-state index is 17.3. The minimum Gasteiger partial charge on any atom is -0.461 e. The second kappa shape index (κ2) is 13.8. The number of benzene rings is 2. The molecule has 2 aromatic carbocycles. The number of likely N-dealkylation sites (N-methyl/N-ethyl adjacent to an activating group) is 1. The third-order valence-corrected chi connectivity index (χ3v) is 12.1. The molecule has 3 atom stereocenters. The van der Waals surface area contributed by atoms with Gasteiger partial charge in [-0.15, -0.1) is 11.3 Å². The first-order valence-corrected chi connectivity index (χ1v) is 18.7. The zero-order chi connectivity index (χ0) is 38.8. The number of anilines is 2. The molecule has 10 nitrogen and oxygen atoms in total. The van der Waals surface area contributed by atoms with Gasteiger partial charge in [-0.2, -0.15) is 28.4 Å². The molecule has 17 heteroatoms. The Kier molecular flexibility index (Phi) is 9.24. The van der Waals surface area contributed by atoms with Crippen LogP contribution in [-0.2, 0) is 6.18 Å². The minimum absolute atomic E-state index is 0.0322. The molecule has 0 radical (unpaired) electrons. The van der Waals surface area contributed by atoms with E-state index in [1.165, 1.54) is 12.4 Å². The van der Waals surface area contributed by atoms with Crippen molar-refractivity contribution in [3.05, 3.63) is 71.1 Å². The number of likely N-dealkylation sites (tertiary alicyclic amines) is 1. The van der Waals surface area contributed by atoms with Gasteiger partial charge >= 0.3 is 12.2 Å². The molecule has 286 valence electrons. The molecule has 1 amide bonds. The van der Waals surface area contributed by atoms with Crippen molar-refractivity contribution in [1.29, 1.82) is 5.26 Å². The second-order valence-electron chi connectivity index (χ2n) is 14.2. The van der Waals surface area contributed by atoms with Gasteiger partial charge in [-0.1, -0.05) is 6.07 Å². The van der Waals surface area contributed by atoms with Gasteiger partial charge in [0.25, 0.3) is 5.91 Å². The monoisotopic (exact) mass is 780 g/mol. The Hall–Kier alpha value is -5.21. The molecule has 3 saturated heterocycles. The van der Waals surface area contributed by atoms with Crippen molar-refractivity contribution in [2.45, 2.75) is 56.5 Å². The number of nitrogens with two attached hydrogens (primary N) is 1. The molecule has 6 heterocycles.